The molecule has 1 heterocycles. The molecule has 2 aromatic rings. The Morgan fingerprint density at radius 3 is 2.32 bits per heavy atom. The van der Waals surface area contributed by atoms with E-state index in [0.29, 0.717) is 12.1 Å². The smallest absolute Gasteiger partial charge is 0.293 e. The molecule has 1 aromatic carbocycles. The lowest BCUT2D eigenvalue weighted by Gasteiger charge is -2.15. The standard InChI is InChI=1S/C17H23N3O4S/c1-5-19-14-8-7-12(25(23,24)18-17(4)10-11(17)3)9-13(14)15(21)20(6-2)16(19)22/h7-9,11,18H,5-6,10H2,1-4H3/t11-,17+/m1/s1. The second kappa shape index (κ2) is 5.81. The summed E-state index contributed by atoms with van der Waals surface area (Å²) in [6.07, 6.45) is 0.790. The van der Waals surface area contributed by atoms with Crippen LogP contribution in [0.1, 0.15) is 34.1 Å². The van der Waals surface area contributed by atoms with E-state index >= 15 is 0 Å². The number of aromatic nitrogens is 2. The molecule has 136 valence electrons. The monoisotopic (exact) mass is 365 g/mol. The molecule has 0 spiro atoms. The summed E-state index contributed by atoms with van der Waals surface area (Å²) in [6.45, 7) is 8.02. The van der Waals surface area contributed by atoms with Crippen LogP contribution in [0.25, 0.3) is 10.9 Å². The number of rotatable bonds is 5. The molecule has 0 radical (unpaired) electrons. The van der Waals surface area contributed by atoms with Gasteiger partial charge in [-0.1, -0.05) is 6.92 Å². The van der Waals surface area contributed by atoms with Gasteiger partial charge in [0, 0.05) is 18.6 Å². The zero-order valence-corrected chi connectivity index (χ0v) is 15.7. The van der Waals surface area contributed by atoms with Crippen molar-refractivity contribution >= 4 is 20.9 Å². The maximum Gasteiger partial charge on any atom is 0.331 e. The minimum atomic E-state index is -3.73. The van der Waals surface area contributed by atoms with Crippen molar-refractivity contribution in [3.05, 3.63) is 39.0 Å². The van der Waals surface area contributed by atoms with Gasteiger partial charge in [0.15, 0.2) is 0 Å². The van der Waals surface area contributed by atoms with Crippen LogP contribution in [-0.2, 0) is 23.1 Å². The van der Waals surface area contributed by atoms with Crippen LogP contribution in [0, 0.1) is 5.92 Å². The fraction of sp³-hybridized carbons (Fsp3) is 0.529. The highest BCUT2D eigenvalue weighted by molar-refractivity contribution is 7.89. The Kier molecular flexibility index (Phi) is 4.15. The largest absolute Gasteiger partial charge is 0.331 e. The van der Waals surface area contributed by atoms with Crippen LogP contribution < -0.4 is 16.0 Å². The summed E-state index contributed by atoms with van der Waals surface area (Å²) in [5.41, 5.74) is -0.822. The van der Waals surface area contributed by atoms with Gasteiger partial charge in [0.25, 0.3) is 5.56 Å². The summed E-state index contributed by atoms with van der Waals surface area (Å²) in [6, 6.07) is 4.35. The Morgan fingerprint density at radius 2 is 1.80 bits per heavy atom. The minimum Gasteiger partial charge on any atom is -0.293 e. The van der Waals surface area contributed by atoms with Crippen LogP contribution in [0.15, 0.2) is 32.7 Å². The van der Waals surface area contributed by atoms with Crippen molar-refractivity contribution in [1.29, 1.82) is 0 Å². The van der Waals surface area contributed by atoms with Crippen molar-refractivity contribution < 1.29 is 8.42 Å². The lowest BCUT2D eigenvalue weighted by molar-refractivity contribution is 0.544. The zero-order valence-electron chi connectivity index (χ0n) is 14.9. The molecule has 1 fully saturated rings. The third-order valence-corrected chi connectivity index (χ3v) is 6.77. The molecule has 0 aliphatic heterocycles. The number of hydrogen-bond donors (Lipinski definition) is 1. The van der Waals surface area contributed by atoms with Crippen molar-refractivity contribution in [1.82, 2.24) is 13.9 Å². The van der Waals surface area contributed by atoms with Crippen LogP contribution >= 0.6 is 0 Å². The molecular weight excluding hydrogens is 342 g/mol. The number of hydrogen-bond acceptors (Lipinski definition) is 4. The number of nitrogens with one attached hydrogen (secondary N) is 1. The summed E-state index contributed by atoms with van der Waals surface area (Å²) in [4.78, 5) is 25.0. The van der Waals surface area contributed by atoms with Crippen LogP contribution in [0.2, 0.25) is 0 Å². The Morgan fingerprint density at radius 1 is 1.20 bits per heavy atom. The average molecular weight is 365 g/mol. The normalized spacial score (nSPS) is 23.1. The maximum absolute atomic E-state index is 12.7. The topological polar surface area (TPSA) is 90.2 Å². The van der Waals surface area contributed by atoms with Crippen molar-refractivity contribution in [3.63, 3.8) is 0 Å². The molecule has 1 aliphatic rings. The maximum atomic E-state index is 12.7. The molecule has 0 saturated heterocycles. The van der Waals surface area contributed by atoms with Gasteiger partial charge in [-0.3, -0.25) is 13.9 Å². The van der Waals surface area contributed by atoms with Crippen LogP contribution in [0.3, 0.4) is 0 Å². The first-order valence-electron chi connectivity index (χ1n) is 8.46. The van der Waals surface area contributed by atoms with E-state index in [2.05, 4.69) is 4.72 Å². The van der Waals surface area contributed by atoms with E-state index in [-0.39, 0.29) is 28.4 Å². The molecule has 25 heavy (non-hydrogen) atoms. The summed E-state index contributed by atoms with van der Waals surface area (Å²) in [7, 11) is -3.73. The Hall–Kier alpha value is -1.93. The Bertz CT molecular complexity index is 1070. The van der Waals surface area contributed by atoms with Crippen molar-refractivity contribution in [2.75, 3.05) is 0 Å². The van der Waals surface area contributed by atoms with Gasteiger partial charge in [-0.15, -0.1) is 0 Å². The molecule has 3 rings (SSSR count). The van der Waals surface area contributed by atoms with Crippen molar-refractivity contribution in [3.8, 4) is 0 Å². The van der Waals surface area contributed by atoms with Crippen molar-refractivity contribution in [2.45, 2.75) is 57.6 Å². The van der Waals surface area contributed by atoms with E-state index < -0.39 is 21.1 Å². The quantitative estimate of drug-likeness (QED) is 0.864. The summed E-state index contributed by atoms with van der Waals surface area (Å²) >= 11 is 0. The molecule has 1 N–H and O–H groups in total. The van der Waals surface area contributed by atoms with Crippen LogP contribution in [0.4, 0.5) is 0 Å². The number of sulfonamides is 1. The fourth-order valence-corrected chi connectivity index (χ4v) is 4.78. The van der Waals surface area contributed by atoms with Gasteiger partial charge in [0.1, 0.15) is 0 Å². The summed E-state index contributed by atoms with van der Waals surface area (Å²) < 4.78 is 30.7. The zero-order chi connectivity index (χ0) is 18.6. The SMILES string of the molecule is CCn1c(=O)c2cc(S(=O)(=O)N[C@@]3(C)C[C@H]3C)ccc2n(CC)c1=O. The summed E-state index contributed by atoms with van der Waals surface area (Å²) in [5.74, 6) is 0.283. The van der Waals surface area contributed by atoms with E-state index in [1.165, 1.54) is 22.8 Å². The number of benzene rings is 1. The van der Waals surface area contributed by atoms with Gasteiger partial charge >= 0.3 is 5.69 Å². The highest BCUT2D eigenvalue weighted by Crippen LogP contribution is 2.43. The van der Waals surface area contributed by atoms with E-state index in [1.54, 1.807) is 6.92 Å². The highest BCUT2D eigenvalue weighted by atomic mass is 32.2. The number of fused-ring (bicyclic) bond motifs is 1. The van der Waals surface area contributed by atoms with E-state index in [0.717, 1.165) is 11.0 Å². The third-order valence-electron chi connectivity index (χ3n) is 5.16. The molecule has 1 aliphatic carbocycles. The van der Waals surface area contributed by atoms with E-state index in [1.807, 2.05) is 20.8 Å². The molecule has 1 aromatic heterocycles. The van der Waals surface area contributed by atoms with E-state index in [4.69, 9.17) is 0 Å². The van der Waals surface area contributed by atoms with Gasteiger partial charge < -0.3 is 0 Å². The lowest BCUT2D eigenvalue weighted by atomic mass is 10.2. The molecule has 8 heteroatoms. The van der Waals surface area contributed by atoms with Gasteiger partial charge in [0.2, 0.25) is 10.0 Å². The predicted octanol–water partition coefficient (Wildman–Crippen LogP) is 1.28. The molecular formula is C17H23N3O4S. The van der Waals surface area contributed by atoms with Crippen LogP contribution in [-0.4, -0.2) is 23.1 Å². The molecule has 0 bridgehead atoms. The molecule has 7 nitrogen and oxygen atoms in total. The fourth-order valence-electron chi connectivity index (χ4n) is 3.24. The lowest BCUT2D eigenvalue weighted by Crippen LogP contribution is -2.39. The molecule has 2 atom stereocenters. The van der Waals surface area contributed by atoms with Crippen LogP contribution in [0.5, 0.6) is 0 Å². The molecule has 1 saturated carbocycles. The first-order chi connectivity index (χ1) is 11.6. The summed E-state index contributed by atoms with van der Waals surface area (Å²) in [5, 5.41) is 0.236. The Labute approximate surface area is 146 Å². The highest BCUT2D eigenvalue weighted by Gasteiger charge is 2.49. The second-order valence-corrected chi connectivity index (χ2v) is 8.57. The molecule has 0 unspecified atom stereocenters. The second-order valence-electron chi connectivity index (χ2n) is 6.88. The average Bonchev–Trinajstić information content (AvgIpc) is 3.13. The van der Waals surface area contributed by atoms with Crippen molar-refractivity contribution in [2.24, 2.45) is 5.92 Å². The van der Waals surface area contributed by atoms with Gasteiger partial charge in [-0.25, -0.2) is 17.9 Å². The van der Waals surface area contributed by atoms with Gasteiger partial charge in [-0.2, -0.15) is 0 Å². The number of aryl methyl sites for hydroxylation is 1. The number of nitrogens with zero attached hydrogens (tertiary/aromatic N) is 2. The predicted molar refractivity (Wildman–Crippen MR) is 96.3 cm³/mol. The van der Waals surface area contributed by atoms with Gasteiger partial charge in [0.05, 0.1) is 15.8 Å². The minimum absolute atomic E-state index is 0.0429. The molecule has 0 amide bonds. The third kappa shape index (κ3) is 2.83. The first kappa shape index (κ1) is 17.9. The van der Waals surface area contributed by atoms with Gasteiger partial charge in [-0.05, 0) is 51.3 Å². The Balaban J connectivity index is 2.21. The first-order valence-corrected chi connectivity index (χ1v) is 9.94. The van der Waals surface area contributed by atoms with E-state index in [9.17, 15) is 18.0 Å².